The Morgan fingerprint density at radius 1 is 1.35 bits per heavy atom. The minimum absolute atomic E-state index is 0.740. The maximum atomic E-state index is 5.75. The summed E-state index contributed by atoms with van der Waals surface area (Å²) in [5.41, 5.74) is 2.51. The number of rotatable bonds is 8. The molecule has 0 aliphatic carbocycles. The highest BCUT2D eigenvalue weighted by atomic mass is 35.5. The predicted molar refractivity (Wildman–Crippen MR) is 73.6 cm³/mol. The summed E-state index contributed by atoms with van der Waals surface area (Å²) in [6.45, 7) is 10.5. The minimum atomic E-state index is 0.740. The molecule has 98 valence electrons. The second kappa shape index (κ2) is 7.72. The van der Waals surface area contributed by atoms with Crippen molar-refractivity contribution in [1.82, 2.24) is 14.7 Å². The molecule has 0 radical (unpaired) electrons. The average molecular weight is 258 g/mol. The van der Waals surface area contributed by atoms with Crippen LogP contribution in [-0.4, -0.2) is 33.6 Å². The number of aromatic nitrogens is 2. The van der Waals surface area contributed by atoms with Gasteiger partial charge in [0, 0.05) is 19.0 Å². The van der Waals surface area contributed by atoms with Crippen LogP contribution in [0.5, 0.6) is 0 Å². The van der Waals surface area contributed by atoms with Gasteiger partial charge in [-0.05, 0) is 38.9 Å². The fourth-order valence-electron chi connectivity index (χ4n) is 1.95. The molecule has 17 heavy (non-hydrogen) atoms. The van der Waals surface area contributed by atoms with Crippen LogP contribution in [0.15, 0.2) is 6.07 Å². The van der Waals surface area contributed by atoms with Crippen LogP contribution in [-0.2, 0) is 19.5 Å². The van der Waals surface area contributed by atoms with E-state index in [2.05, 4.69) is 41.5 Å². The van der Waals surface area contributed by atoms with Crippen molar-refractivity contribution in [3.63, 3.8) is 0 Å². The molecule has 0 saturated carbocycles. The molecule has 0 spiro atoms. The molecule has 1 aromatic heterocycles. The van der Waals surface area contributed by atoms with Gasteiger partial charge in [-0.25, -0.2) is 0 Å². The van der Waals surface area contributed by atoms with Gasteiger partial charge in [0.15, 0.2) is 0 Å². The number of aryl methyl sites for hydroxylation is 2. The molecule has 3 nitrogen and oxygen atoms in total. The zero-order valence-electron chi connectivity index (χ0n) is 11.2. The van der Waals surface area contributed by atoms with Gasteiger partial charge in [-0.3, -0.25) is 9.58 Å². The summed E-state index contributed by atoms with van der Waals surface area (Å²) in [5.74, 6) is 0.740. The molecule has 0 amide bonds. The van der Waals surface area contributed by atoms with E-state index in [1.165, 1.54) is 11.4 Å². The number of hydrogen-bond donors (Lipinski definition) is 0. The number of nitrogens with zero attached hydrogens (tertiary/aromatic N) is 3. The summed E-state index contributed by atoms with van der Waals surface area (Å²) >= 11 is 5.75. The Hall–Kier alpha value is -0.540. The van der Waals surface area contributed by atoms with Crippen molar-refractivity contribution in [2.75, 3.05) is 19.0 Å². The van der Waals surface area contributed by atoms with E-state index in [0.29, 0.717) is 0 Å². The standard InChI is InChI=1S/C13H24ClN3/c1-4-12-10-13(17(6-3)15-12)11-16(5-2)9-7-8-14/h10H,4-9,11H2,1-3H3. The average Bonchev–Trinajstić information content (AvgIpc) is 2.76. The van der Waals surface area contributed by atoms with Crippen LogP contribution >= 0.6 is 11.6 Å². The van der Waals surface area contributed by atoms with Crippen molar-refractivity contribution >= 4 is 11.6 Å². The van der Waals surface area contributed by atoms with Crippen LogP contribution in [0, 0.1) is 0 Å². The quantitative estimate of drug-likeness (QED) is 0.668. The van der Waals surface area contributed by atoms with Gasteiger partial charge in [0.25, 0.3) is 0 Å². The Kier molecular flexibility index (Phi) is 6.60. The predicted octanol–water partition coefficient (Wildman–Crippen LogP) is 2.92. The van der Waals surface area contributed by atoms with Crippen molar-refractivity contribution in [3.8, 4) is 0 Å². The Morgan fingerprint density at radius 3 is 2.65 bits per heavy atom. The number of alkyl halides is 1. The van der Waals surface area contributed by atoms with E-state index in [-0.39, 0.29) is 0 Å². The number of hydrogen-bond acceptors (Lipinski definition) is 2. The van der Waals surface area contributed by atoms with Crippen LogP contribution in [0.4, 0.5) is 0 Å². The maximum Gasteiger partial charge on any atom is 0.0625 e. The third-order valence-electron chi connectivity index (χ3n) is 3.02. The van der Waals surface area contributed by atoms with Gasteiger partial charge >= 0.3 is 0 Å². The van der Waals surface area contributed by atoms with E-state index >= 15 is 0 Å². The third kappa shape index (κ3) is 4.32. The van der Waals surface area contributed by atoms with Gasteiger partial charge < -0.3 is 0 Å². The molecule has 4 heteroatoms. The lowest BCUT2D eigenvalue weighted by Gasteiger charge is -2.20. The molecule has 0 atom stereocenters. The van der Waals surface area contributed by atoms with Crippen LogP contribution in [0.3, 0.4) is 0 Å². The van der Waals surface area contributed by atoms with Gasteiger partial charge in [0.05, 0.1) is 11.4 Å². The first-order valence-corrected chi connectivity index (χ1v) is 7.12. The lowest BCUT2D eigenvalue weighted by molar-refractivity contribution is 0.272. The summed E-state index contributed by atoms with van der Waals surface area (Å²) in [5, 5.41) is 4.58. The highest BCUT2D eigenvalue weighted by Gasteiger charge is 2.09. The molecule has 0 N–H and O–H groups in total. The zero-order chi connectivity index (χ0) is 12.7. The molecule has 0 aliphatic rings. The molecule has 1 aromatic rings. The first kappa shape index (κ1) is 14.5. The molecular formula is C13H24ClN3. The summed E-state index contributed by atoms with van der Waals surface area (Å²) < 4.78 is 2.11. The molecule has 0 fully saturated rings. The van der Waals surface area contributed by atoms with E-state index in [1.807, 2.05) is 0 Å². The second-order valence-corrected chi connectivity index (χ2v) is 4.59. The summed E-state index contributed by atoms with van der Waals surface area (Å²) in [6, 6.07) is 2.23. The lowest BCUT2D eigenvalue weighted by Crippen LogP contribution is -2.25. The molecule has 1 heterocycles. The first-order valence-electron chi connectivity index (χ1n) is 6.59. The summed E-state index contributed by atoms with van der Waals surface area (Å²) in [7, 11) is 0. The van der Waals surface area contributed by atoms with E-state index in [1.54, 1.807) is 0 Å². The largest absolute Gasteiger partial charge is 0.298 e. The van der Waals surface area contributed by atoms with Crippen molar-refractivity contribution in [2.45, 2.75) is 46.7 Å². The maximum absolute atomic E-state index is 5.75. The Labute approximate surface area is 110 Å². The van der Waals surface area contributed by atoms with Crippen molar-refractivity contribution in [2.24, 2.45) is 0 Å². The van der Waals surface area contributed by atoms with Crippen LogP contribution in [0.25, 0.3) is 0 Å². The van der Waals surface area contributed by atoms with E-state index < -0.39 is 0 Å². The fraction of sp³-hybridized carbons (Fsp3) is 0.769. The molecule has 0 saturated heterocycles. The molecule has 1 rings (SSSR count). The van der Waals surface area contributed by atoms with Crippen LogP contribution in [0.1, 0.15) is 38.6 Å². The molecular weight excluding hydrogens is 234 g/mol. The molecule has 0 aromatic carbocycles. The van der Waals surface area contributed by atoms with Crippen molar-refractivity contribution in [3.05, 3.63) is 17.5 Å². The monoisotopic (exact) mass is 257 g/mol. The summed E-state index contributed by atoms with van der Waals surface area (Å²) in [4.78, 5) is 2.42. The van der Waals surface area contributed by atoms with E-state index in [0.717, 1.165) is 44.9 Å². The Bertz CT molecular complexity index is 322. The Morgan fingerprint density at radius 2 is 2.12 bits per heavy atom. The van der Waals surface area contributed by atoms with E-state index in [4.69, 9.17) is 11.6 Å². The lowest BCUT2D eigenvalue weighted by atomic mass is 10.3. The minimum Gasteiger partial charge on any atom is -0.298 e. The highest BCUT2D eigenvalue weighted by molar-refractivity contribution is 6.17. The number of halogens is 1. The molecule has 0 aliphatic heterocycles. The molecule has 0 bridgehead atoms. The summed E-state index contributed by atoms with van der Waals surface area (Å²) in [6.07, 6.45) is 2.06. The van der Waals surface area contributed by atoms with Gasteiger partial charge in [-0.1, -0.05) is 13.8 Å². The first-order chi connectivity index (χ1) is 8.24. The topological polar surface area (TPSA) is 21.1 Å². The van der Waals surface area contributed by atoms with Crippen LogP contribution < -0.4 is 0 Å². The van der Waals surface area contributed by atoms with Gasteiger partial charge in [-0.2, -0.15) is 5.10 Å². The molecule has 0 unspecified atom stereocenters. The zero-order valence-corrected chi connectivity index (χ0v) is 12.0. The second-order valence-electron chi connectivity index (χ2n) is 4.21. The normalized spacial score (nSPS) is 11.4. The SMILES string of the molecule is CCc1cc(CN(CC)CCCCl)n(CC)n1. The van der Waals surface area contributed by atoms with Crippen molar-refractivity contribution in [1.29, 1.82) is 0 Å². The highest BCUT2D eigenvalue weighted by Crippen LogP contribution is 2.09. The van der Waals surface area contributed by atoms with Crippen LogP contribution in [0.2, 0.25) is 0 Å². The third-order valence-corrected chi connectivity index (χ3v) is 3.28. The van der Waals surface area contributed by atoms with Crippen molar-refractivity contribution < 1.29 is 0 Å². The van der Waals surface area contributed by atoms with E-state index in [9.17, 15) is 0 Å². The Balaban J connectivity index is 2.67. The van der Waals surface area contributed by atoms with Gasteiger partial charge in [-0.15, -0.1) is 11.6 Å². The van der Waals surface area contributed by atoms with Gasteiger partial charge in [0.1, 0.15) is 0 Å². The van der Waals surface area contributed by atoms with Gasteiger partial charge in [0.2, 0.25) is 0 Å². The fourth-order valence-corrected chi connectivity index (χ4v) is 2.07. The smallest absolute Gasteiger partial charge is 0.0625 e.